The molecule has 2 rings (SSSR count). The number of thiophene rings is 1. The molecular weight excluding hydrogens is 330 g/mol. The van der Waals surface area contributed by atoms with Crippen molar-refractivity contribution in [1.29, 1.82) is 0 Å². The Morgan fingerprint density at radius 1 is 1.43 bits per heavy atom. The number of hydrogen-bond donors (Lipinski definition) is 2. The minimum absolute atomic E-state index is 0.156. The zero-order chi connectivity index (χ0) is 15.6. The molecule has 2 heterocycles. The molecule has 21 heavy (non-hydrogen) atoms. The van der Waals surface area contributed by atoms with Crippen molar-refractivity contribution in [2.24, 2.45) is 5.73 Å². The zero-order valence-corrected chi connectivity index (χ0v) is 14.2. The molecule has 0 bridgehead atoms. The quantitative estimate of drug-likeness (QED) is 0.843. The largest absolute Gasteiger partial charge is 0.346 e. The molecule has 0 spiro atoms. The Morgan fingerprint density at radius 3 is 2.62 bits per heavy atom. The number of nitrogens with zero attached hydrogens (tertiary/aromatic N) is 1. The highest BCUT2D eigenvalue weighted by Crippen LogP contribution is 2.22. The third-order valence-corrected chi connectivity index (χ3v) is 5.65. The van der Waals surface area contributed by atoms with Gasteiger partial charge in [-0.1, -0.05) is 11.6 Å². The summed E-state index contributed by atoms with van der Waals surface area (Å²) in [4.78, 5) is 1.10. The Labute approximate surface area is 133 Å². The lowest BCUT2D eigenvalue weighted by atomic mass is 10.3. The molecule has 0 saturated heterocycles. The third kappa shape index (κ3) is 3.87. The molecule has 2 aromatic rings. The predicted molar refractivity (Wildman–Crippen MR) is 86.1 cm³/mol. The van der Waals surface area contributed by atoms with Crippen LogP contribution in [0.3, 0.4) is 0 Å². The molecule has 0 atom stereocenters. The van der Waals surface area contributed by atoms with Crippen LogP contribution in [0.2, 0.25) is 4.34 Å². The van der Waals surface area contributed by atoms with Crippen molar-refractivity contribution >= 4 is 33.0 Å². The monoisotopic (exact) mass is 347 g/mol. The van der Waals surface area contributed by atoms with Gasteiger partial charge >= 0.3 is 0 Å². The maximum atomic E-state index is 12.3. The number of sulfonamides is 1. The van der Waals surface area contributed by atoms with Crippen LogP contribution in [-0.4, -0.2) is 13.0 Å². The van der Waals surface area contributed by atoms with Crippen LogP contribution in [-0.2, 0) is 23.1 Å². The minimum atomic E-state index is -3.56. The van der Waals surface area contributed by atoms with Gasteiger partial charge in [-0.3, -0.25) is 0 Å². The molecule has 0 radical (unpaired) electrons. The van der Waals surface area contributed by atoms with E-state index in [2.05, 4.69) is 4.72 Å². The van der Waals surface area contributed by atoms with Gasteiger partial charge in [0.25, 0.3) is 0 Å². The van der Waals surface area contributed by atoms with E-state index in [4.69, 9.17) is 17.3 Å². The lowest BCUT2D eigenvalue weighted by Gasteiger charge is -2.10. The van der Waals surface area contributed by atoms with Crippen LogP contribution in [0.15, 0.2) is 29.3 Å². The predicted octanol–water partition coefficient (Wildman–Crippen LogP) is 2.72. The van der Waals surface area contributed by atoms with Crippen LogP contribution in [0.1, 0.15) is 30.5 Å². The van der Waals surface area contributed by atoms with Crippen LogP contribution in [0.5, 0.6) is 0 Å². The summed E-state index contributed by atoms with van der Waals surface area (Å²) < 4.78 is 29.7. The fourth-order valence-electron chi connectivity index (χ4n) is 1.98. The van der Waals surface area contributed by atoms with Gasteiger partial charge in [0.05, 0.1) is 9.23 Å². The van der Waals surface area contributed by atoms with E-state index in [-0.39, 0.29) is 17.5 Å². The molecule has 2 aromatic heterocycles. The average molecular weight is 348 g/mol. The lowest BCUT2D eigenvalue weighted by Crippen LogP contribution is -2.22. The summed E-state index contributed by atoms with van der Waals surface area (Å²) in [7, 11) is -3.56. The Kier molecular flexibility index (Phi) is 5.11. The molecule has 0 unspecified atom stereocenters. The topological polar surface area (TPSA) is 77.1 Å². The Balaban J connectivity index is 2.19. The van der Waals surface area contributed by atoms with Crippen molar-refractivity contribution in [2.45, 2.75) is 37.9 Å². The van der Waals surface area contributed by atoms with Crippen molar-refractivity contribution < 1.29 is 8.42 Å². The van der Waals surface area contributed by atoms with Crippen molar-refractivity contribution in [3.8, 4) is 0 Å². The maximum Gasteiger partial charge on any atom is 0.242 e. The summed E-state index contributed by atoms with van der Waals surface area (Å²) in [5.74, 6) is 0. The standard InChI is InChI=1S/C13H18ClN3O2S2/c1-9(2)17-8-12(5-10(17)6-15)21(18,19)16-7-11-3-4-13(14)20-11/h3-5,8-9,16H,6-7,15H2,1-2H3. The SMILES string of the molecule is CC(C)n1cc(S(=O)(=O)NCc2ccc(Cl)s2)cc1CN. The fourth-order valence-corrected chi connectivity index (χ4v) is 4.16. The summed E-state index contributed by atoms with van der Waals surface area (Å²) in [5.41, 5.74) is 6.46. The fraction of sp³-hybridized carbons (Fsp3) is 0.385. The van der Waals surface area contributed by atoms with E-state index < -0.39 is 10.0 Å². The first-order valence-corrected chi connectivity index (χ1v) is 9.16. The van der Waals surface area contributed by atoms with E-state index >= 15 is 0 Å². The van der Waals surface area contributed by atoms with Gasteiger partial charge in [0, 0.05) is 35.9 Å². The first-order chi connectivity index (χ1) is 9.83. The molecule has 0 amide bonds. The van der Waals surface area contributed by atoms with Crippen molar-refractivity contribution in [3.63, 3.8) is 0 Å². The summed E-state index contributed by atoms with van der Waals surface area (Å²) in [6.45, 7) is 4.49. The highest BCUT2D eigenvalue weighted by molar-refractivity contribution is 7.89. The second-order valence-electron chi connectivity index (χ2n) is 4.90. The molecule has 0 aliphatic rings. The Bertz CT molecular complexity index is 720. The third-order valence-electron chi connectivity index (χ3n) is 3.05. The van der Waals surface area contributed by atoms with E-state index in [1.165, 1.54) is 11.3 Å². The van der Waals surface area contributed by atoms with Crippen LogP contribution in [0, 0.1) is 0 Å². The average Bonchev–Trinajstić information content (AvgIpc) is 3.02. The molecular formula is C13H18ClN3O2S2. The molecule has 0 saturated carbocycles. The second kappa shape index (κ2) is 6.50. The highest BCUT2D eigenvalue weighted by Gasteiger charge is 2.19. The van der Waals surface area contributed by atoms with E-state index in [1.807, 2.05) is 18.4 Å². The molecule has 8 heteroatoms. The van der Waals surface area contributed by atoms with Gasteiger partial charge in [0.15, 0.2) is 0 Å². The number of halogens is 1. The molecule has 0 aliphatic heterocycles. The highest BCUT2D eigenvalue weighted by atomic mass is 35.5. The van der Waals surface area contributed by atoms with Crippen LogP contribution >= 0.6 is 22.9 Å². The summed E-state index contributed by atoms with van der Waals surface area (Å²) in [5, 5.41) is 0. The Hall–Kier alpha value is -0.860. The first kappa shape index (κ1) is 16.5. The summed E-state index contributed by atoms with van der Waals surface area (Å²) in [6, 6.07) is 5.32. The van der Waals surface area contributed by atoms with Gasteiger partial charge in [0.1, 0.15) is 0 Å². The molecule has 116 valence electrons. The van der Waals surface area contributed by atoms with Crippen LogP contribution in [0.4, 0.5) is 0 Å². The van der Waals surface area contributed by atoms with Crippen LogP contribution in [0.25, 0.3) is 0 Å². The number of nitrogens with two attached hydrogens (primary N) is 1. The van der Waals surface area contributed by atoms with E-state index in [0.717, 1.165) is 10.6 Å². The van der Waals surface area contributed by atoms with Gasteiger partial charge < -0.3 is 10.3 Å². The number of aromatic nitrogens is 1. The first-order valence-electron chi connectivity index (χ1n) is 6.48. The van der Waals surface area contributed by atoms with Gasteiger partial charge in [-0.2, -0.15) is 0 Å². The maximum absolute atomic E-state index is 12.3. The van der Waals surface area contributed by atoms with Gasteiger partial charge in [0.2, 0.25) is 10.0 Å². The molecule has 3 N–H and O–H groups in total. The minimum Gasteiger partial charge on any atom is -0.346 e. The zero-order valence-electron chi connectivity index (χ0n) is 11.8. The van der Waals surface area contributed by atoms with Crippen LogP contribution < -0.4 is 10.5 Å². The number of nitrogens with one attached hydrogen (secondary N) is 1. The molecule has 0 fully saturated rings. The number of hydrogen-bond acceptors (Lipinski definition) is 4. The molecule has 0 aromatic carbocycles. The smallest absolute Gasteiger partial charge is 0.242 e. The Morgan fingerprint density at radius 2 is 2.14 bits per heavy atom. The van der Waals surface area contributed by atoms with Crippen molar-refractivity contribution in [3.05, 3.63) is 39.3 Å². The molecule has 0 aliphatic carbocycles. The normalized spacial score (nSPS) is 12.2. The van der Waals surface area contributed by atoms with Gasteiger partial charge in [-0.15, -0.1) is 11.3 Å². The van der Waals surface area contributed by atoms with Crippen molar-refractivity contribution in [2.75, 3.05) is 0 Å². The second-order valence-corrected chi connectivity index (χ2v) is 8.47. The summed E-state index contributed by atoms with van der Waals surface area (Å²) in [6.07, 6.45) is 1.62. The van der Waals surface area contributed by atoms with Gasteiger partial charge in [-0.25, -0.2) is 13.1 Å². The van der Waals surface area contributed by atoms with E-state index in [0.29, 0.717) is 10.9 Å². The molecule has 5 nitrogen and oxygen atoms in total. The number of rotatable bonds is 6. The van der Waals surface area contributed by atoms with E-state index in [9.17, 15) is 8.42 Å². The van der Waals surface area contributed by atoms with E-state index in [1.54, 1.807) is 24.4 Å². The lowest BCUT2D eigenvalue weighted by molar-refractivity contribution is 0.569. The van der Waals surface area contributed by atoms with Gasteiger partial charge in [-0.05, 0) is 32.0 Å². The van der Waals surface area contributed by atoms with Crippen molar-refractivity contribution in [1.82, 2.24) is 9.29 Å². The summed E-state index contributed by atoms with van der Waals surface area (Å²) >= 11 is 7.18.